The van der Waals surface area contributed by atoms with Gasteiger partial charge in [0, 0.05) is 14.1 Å². The molecule has 0 saturated heterocycles. The maximum Gasteiger partial charge on any atom is 0.253 e. The fraction of sp³-hybridized carbons (Fsp3) is 0.412. The van der Waals surface area contributed by atoms with Crippen LogP contribution < -0.4 is 31.5 Å². The molecule has 6 heteroatoms. The van der Waals surface area contributed by atoms with Crippen LogP contribution in [-0.4, -0.2) is 21.2 Å². The van der Waals surface area contributed by atoms with E-state index in [2.05, 4.69) is 26.1 Å². The highest BCUT2D eigenvalue weighted by Gasteiger charge is 2.25. The first-order chi connectivity index (χ1) is 10.6. The first kappa shape index (κ1) is 16.9. The number of rotatable bonds is 4. The summed E-state index contributed by atoms with van der Waals surface area (Å²) in [5.74, 6) is 0.454. The summed E-state index contributed by atoms with van der Waals surface area (Å²) in [5, 5.41) is 3.03. The Labute approximate surface area is 135 Å². The van der Waals surface area contributed by atoms with Crippen LogP contribution >= 0.6 is 0 Å². The highest BCUT2D eigenvalue weighted by atomic mass is 16.5. The molecule has 0 atom stereocenters. The Hall–Kier alpha value is -2.50. The largest absolute Gasteiger partial charge is 0.492 e. The van der Waals surface area contributed by atoms with Gasteiger partial charge in [-0.25, -0.2) is 0 Å². The minimum absolute atomic E-state index is 0.116. The zero-order valence-corrected chi connectivity index (χ0v) is 14.4. The van der Waals surface area contributed by atoms with Gasteiger partial charge in [-0.2, -0.15) is 0 Å². The third-order valence-electron chi connectivity index (χ3n) is 3.78. The van der Waals surface area contributed by atoms with Crippen LogP contribution in [0.3, 0.4) is 0 Å². The number of nitrogens with one attached hydrogen (secondary N) is 1. The molecule has 6 nitrogen and oxygen atoms in total. The van der Waals surface area contributed by atoms with Crippen LogP contribution in [0.2, 0.25) is 0 Å². The molecule has 0 aliphatic carbocycles. The summed E-state index contributed by atoms with van der Waals surface area (Å²) in [6, 6.07) is 3.75. The number of nitrogens with zero attached hydrogens (tertiary/aromatic N) is 1. The van der Waals surface area contributed by atoms with Crippen LogP contribution in [0.1, 0.15) is 26.3 Å². The number of nitrogens with two attached hydrogens (primary N) is 1. The van der Waals surface area contributed by atoms with E-state index in [1.165, 1.54) is 7.11 Å². The molecule has 0 aliphatic rings. The SMILES string of the molecule is COc1c(N)cc(C(C)(C)C)cc1Nc1c(N(C)C)c(=O)c1=O. The summed E-state index contributed by atoms with van der Waals surface area (Å²) >= 11 is 0. The van der Waals surface area contributed by atoms with E-state index in [0.29, 0.717) is 22.8 Å². The lowest BCUT2D eigenvalue weighted by Gasteiger charge is -2.24. The van der Waals surface area contributed by atoms with Gasteiger partial charge in [-0.1, -0.05) is 20.8 Å². The Morgan fingerprint density at radius 2 is 1.74 bits per heavy atom. The Balaban J connectivity index is 2.56. The van der Waals surface area contributed by atoms with Gasteiger partial charge in [0.15, 0.2) is 5.75 Å². The quantitative estimate of drug-likeness (QED) is 0.662. The average molecular weight is 317 g/mol. The monoisotopic (exact) mass is 317 g/mol. The van der Waals surface area contributed by atoms with Gasteiger partial charge in [-0.15, -0.1) is 0 Å². The molecule has 23 heavy (non-hydrogen) atoms. The van der Waals surface area contributed by atoms with E-state index in [0.717, 1.165) is 5.56 Å². The molecule has 0 radical (unpaired) electrons. The van der Waals surface area contributed by atoms with Crippen LogP contribution in [0.5, 0.6) is 5.75 Å². The molecular formula is C17H23N3O3. The third-order valence-corrected chi connectivity index (χ3v) is 3.78. The summed E-state index contributed by atoms with van der Waals surface area (Å²) in [4.78, 5) is 25.2. The molecular weight excluding hydrogens is 294 g/mol. The van der Waals surface area contributed by atoms with Gasteiger partial charge >= 0.3 is 0 Å². The van der Waals surface area contributed by atoms with Gasteiger partial charge in [0.05, 0.1) is 18.5 Å². The van der Waals surface area contributed by atoms with Crippen molar-refractivity contribution >= 4 is 22.7 Å². The lowest BCUT2D eigenvalue weighted by molar-refractivity contribution is 0.418. The van der Waals surface area contributed by atoms with Crippen molar-refractivity contribution in [2.45, 2.75) is 26.2 Å². The van der Waals surface area contributed by atoms with E-state index in [1.807, 2.05) is 12.1 Å². The number of hydrogen-bond acceptors (Lipinski definition) is 6. The maximum atomic E-state index is 11.9. The molecule has 0 saturated carbocycles. The van der Waals surface area contributed by atoms with Gasteiger partial charge in [-0.3, -0.25) is 9.59 Å². The van der Waals surface area contributed by atoms with E-state index in [1.54, 1.807) is 19.0 Å². The molecule has 3 N–H and O–H groups in total. The summed E-state index contributed by atoms with van der Waals surface area (Å²) in [6.07, 6.45) is 0. The van der Waals surface area contributed by atoms with Crippen molar-refractivity contribution in [3.8, 4) is 5.75 Å². The van der Waals surface area contributed by atoms with Crippen LogP contribution in [0.25, 0.3) is 0 Å². The lowest BCUT2D eigenvalue weighted by Crippen LogP contribution is -2.39. The molecule has 0 bridgehead atoms. The second kappa shape index (κ2) is 5.61. The molecule has 0 fully saturated rings. The van der Waals surface area contributed by atoms with E-state index >= 15 is 0 Å². The van der Waals surface area contributed by atoms with E-state index < -0.39 is 10.9 Å². The van der Waals surface area contributed by atoms with Crippen LogP contribution in [0.4, 0.5) is 22.7 Å². The van der Waals surface area contributed by atoms with Crippen LogP contribution in [0, 0.1) is 0 Å². The number of methoxy groups -OCH3 is 1. The number of nitrogen functional groups attached to an aromatic ring is 1. The average Bonchev–Trinajstić information content (AvgIpc) is 2.44. The first-order valence-electron chi connectivity index (χ1n) is 7.33. The Morgan fingerprint density at radius 3 is 2.22 bits per heavy atom. The van der Waals surface area contributed by atoms with E-state index in [-0.39, 0.29) is 11.1 Å². The van der Waals surface area contributed by atoms with Gasteiger partial charge < -0.3 is 20.7 Å². The molecule has 0 amide bonds. The summed E-state index contributed by atoms with van der Waals surface area (Å²) in [5.41, 5.74) is 7.62. The first-order valence-corrected chi connectivity index (χ1v) is 7.33. The number of hydrogen-bond donors (Lipinski definition) is 2. The van der Waals surface area contributed by atoms with Crippen molar-refractivity contribution < 1.29 is 4.74 Å². The second-order valence-corrected chi connectivity index (χ2v) is 6.80. The van der Waals surface area contributed by atoms with Crippen molar-refractivity contribution in [1.82, 2.24) is 0 Å². The smallest absolute Gasteiger partial charge is 0.253 e. The molecule has 0 spiro atoms. The third kappa shape index (κ3) is 2.88. The van der Waals surface area contributed by atoms with Crippen LogP contribution in [0.15, 0.2) is 21.7 Å². The zero-order chi connectivity index (χ0) is 17.5. The highest BCUT2D eigenvalue weighted by molar-refractivity contribution is 5.83. The summed E-state index contributed by atoms with van der Waals surface area (Å²) < 4.78 is 5.35. The van der Waals surface area contributed by atoms with Crippen molar-refractivity contribution in [1.29, 1.82) is 0 Å². The van der Waals surface area contributed by atoms with Crippen molar-refractivity contribution in [3.63, 3.8) is 0 Å². The van der Waals surface area contributed by atoms with Gasteiger partial charge in [-0.05, 0) is 23.1 Å². The highest BCUT2D eigenvalue weighted by Crippen LogP contribution is 2.38. The minimum atomic E-state index is -0.532. The topological polar surface area (TPSA) is 84.7 Å². The second-order valence-electron chi connectivity index (χ2n) is 6.80. The normalized spacial score (nSPS) is 11.6. The molecule has 124 valence electrons. The van der Waals surface area contributed by atoms with Gasteiger partial charge in [0.2, 0.25) is 0 Å². The fourth-order valence-electron chi connectivity index (χ4n) is 2.46. The summed E-state index contributed by atoms with van der Waals surface area (Å²) in [6.45, 7) is 6.21. The Morgan fingerprint density at radius 1 is 1.13 bits per heavy atom. The predicted octanol–water partition coefficient (Wildman–Crippen LogP) is 1.98. The van der Waals surface area contributed by atoms with Crippen LogP contribution in [-0.2, 0) is 5.41 Å². The van der Waals surface area contributed by atoms with E-state index in [9.17, 15) is 9.59 Å². The summed E-state index contributed by atoms with van der Waals surface area (Å²) in [7, 11) is 4.96. The molecule has 0 heterocycles. The number of anilines is 4. The van der Waals surface area contributed by atoms with Crippen molar-refractivity contribution in [2.24, 2.45) is 0 Å². The minimum Gasteiger partial charge on any atom is -0.492 e. The number of ether oxygens (including phenoxy) is 1. The molecule has 2 aromatic rings. The molecule has 2 aromatic carbocycles. The molecule has 0 aliphatic heterocycles. The van der Waals surface area contributed by atoms with Gasteiger partial charge in [0.1, 0.15) is 11.4 Å². The van der Waals surface area contributed by atoms with Crippen molar-refractivity contribution in [3.05, 3.63) is 38.1 Å². The van der Waals surface area contributed by atoms with Gasteiger partial charge in [0.25, 0.3) is 10.9 Å². The number of benzene rings is 1. The standard InChI is InChI=1S/C17H23N3O3/c1-17(2,3)9-7-10(18)16(23-6)11(8-9)19-12-13(20(4)5)15(22)14(12)21/h7-8,19H,18H2,1-6H3. The molecule has 0 unspecified atom stereocenters. The van der Waals surface area contributed by atoms with Crippen molar-refractivity contribution in [2.75, 3.05) is 37.2 Å². The molecule has 0 aromatic heterocycles. The predicted molar refractivity (Wildman–Crippen MR) is 95.1 cm³/mol. The van der Waals surface area contributed by atoms with E-state index in [4.69, 9.17) is 10.5 Å². The Bertz CT molecular complexity index is 810. The lowest BCUT2D eigenvalue weighted by atomic mass is 9.86. The zero-order valence-electron chi connectivity index (χ0n) is 14.4. The fourth-order valence-corrected chi connectivity index (χ4v) is 2.46. The maximum absolute atomic E-state index is 11.9. The molecule has 2 rings (SSSR count). The Kier molecular flexibility index (Phi) is 4.11.